The number of hydrogen-bond donors (Lipinski definition) is 2. The predicted octanol–water partition coefficient (Wildman–Crippen LogP) is 3.91. The average molecular weight is 336 g/mol. The lowest BCUT2D eigenvalue weighted by molar-refractivity contribution is -0.138. The van der Waals surface area contributed by atoms with E-state index >= 15 is 0 Å². The summed E-state index contributed by atoms with van der Waals surface area (Å²) in [5.74, 6) is -1.04. The van der Waals surface area contributed by atoms with Crippen molar-refractivity contribution in [2.24, 2.45) is 0 Å². The molecular formula is C17H18ClNO4. The van der Waals surface area contributed by atoms with Crippen LogP contribution in [0.25, 0.3) is 11.0 Å². The van der Waals surface area contributed by atoms with Crippen LogP contribution in [0.1, 0.15) is 48.2 Å². The maximum absolute atomic E-state index is 12.6. The van der Waals surface area contributed by atoms with Crippen LogP contribution in [-0.2, 0) is 4.79 Å². The lowest BCUT2D eigenvalue weighted by atomic mass is 9.93. The van der Waals surface area contributed by atoms with E-state index in [0.29, 0.717) is 29.0 Å². The van der Waals surface area contributed by atoms with Crippen molar-refractivity contribution in [3.05, 3.63) is 34.5 Å². The van der Waals surface area contributed by atoms with Gasteiger partial charge in [0, 0.05) is 16.0 Å². The molecule has 0 unspecified atom stereocenters. The van der Waals surface area contributed by atoms with Crippen molar-refractivity contribution < 1.29 is 19.1 Å². The Balaban J connectivity index is 1.91. The number of aliphatic carboxylic acids is 1. The highest BCUT2D eigenvalue weighted by molar-refractivity contribution is 6.31. The number of carbonyl (C=O) groups excluding carboxylic acids is 1. The van der Waals surface area contributed by atoms with Gasteiger partial charge in [-0.25, -0.2) is 0 Å². The molecule has 2 aromatic rings. The molecule has 1 aromatic heterocycles. The Bertz CT molecular complexity index is 774. The molecule has 1 amide bonds. The van der Waals surface area contributed by atoms with Crippen LogP contribution in [0.5, 0.6) is 0 Å². The third-order valence-electron chi connectivity index (χ3n) is 4.53. The van der Waals surface area contributed by atoms with E-state index in [0.717, 1.165) is 18.2 Å². The third-order valence-corrected chi connectivity index (χ3v) is 4.77. The number of fused-ring (bicyclic) bond motifs is 1. The van der Waals surface area contributed by atoms with Crippen molar-refractivity contribution in [2.45, 2.75) is 44.6 Å². The van der Waals surface area contributed by atoms with Gasteiger partial charge in [-0.05, 0) is 38.0 Å². The summed E-state index contributed by atoms with van der Waals surface area (Å²) >= 11 is 5.99. The molecule has 5 nitrogen and oxygen atoms in total. The fraction of sp³-hybridized carbons (Fsp3) is 0.412. The van der Waals surface area contributed by atoms with E-state index in [-0.39, 0.29) is 18.1 Å². The Morgan fingerprint density at radius 1 is 1.35 bits per heavy atom. The average Bonchev–Trinajstić information content (AvgIpc) is 3.04. The van der Waals surface area contributed by atoms with E-state index in [1.165, 1.54) is 0 Å². The van der Waals surface area contributed by atoms with E-state index in [1.807, 2.05) is 0 Å². The number of carboxylic acid groups (broad SMARTS) is 1. The first-order valence-electron chi connectivity index (χ1n) is 7.63. The van der Waals surface area contributed by atoms with E-state index < -0.39 is 11.5 Å². The second kappa shape index (κ2) is 5.89. The number of furan rings is 1. The summed E-state index contributed by atoms with van der Waals surface area (Å²) in [4.78, 5) is 23.8. The van der Waals surface area contributed by atoms with Crippen molar-refractivity contribution in [2.75, 3.05) is 0 Å². The molecule has 1 aliphatic carbocycles. The first-order valence-corrected chi connectivity index (χ1v) is 8.01. The molecule has 0 saturated heterocycles. The smallest absolute Gasteiger partial charge is 0.305 e. The van der Waals surface area contributed by atoms with Gasteiger partial charge in [-0.15, -0.1) is 0 Å². The number of amides is 1. The quantitative estimate of drug-likeness (QED) is 0.887. The summed E-state index contributed by atoms with van der Waals surface area (Å²) in [6, 6.07) is 5.19. The van der Waals surface area contributed by atoms with Gasteiger partial charge in [0.15, 0.2) is 5.76 Å². The Labute approximate surface area is 138 Å². The molecule has 6 heteroatoms. The van der Waals surface area contributed by atoms with Gasteiger partial charge in [0.05, 0.1) is 12.0 Å². The van der Waals surface area contributed by atoms with E-state index in [1.54, 1.807) is 25.1 Å². The number of nitrogens with one attached hydrogen (secondary N) is 1. The summed E-state index contributed by atoms with van der Waals surface area (Å²) in [5.41, 5.74) is 0.630. The molecule has 0 bridgehead atoms. The van der Waals surface area contributed by atoms with Gasteiger partial charge in [-0.1, -0.05) is 24.4 Å². The second-order valence-corrected chi connectivity index (χ2v) is 6.65. The number of carbonyl (C=O) groups is 2. The van der Waals surface area contributed by atoms with Crippen LogP contribution in [0, 0.1) is 6.92 Å². The standard InChI is InChI=1S/C17H18ClNO4/c1-10-12-8-11(18)4-5-13(12)23-15(10)16(22)19-17(9-14(20)21)6-2-3-7-17/h4-5,8H,2-3,6-7,9H2,1H3,(H,19,22)(H,20,21). The van der Waals surface area contributed by atoms with E-state index in [4.69, 9.17) is 21.1 Å². The number of hydrogen-bond acceptors (Lipinski definition) is 3. The molecule has 1 aliphatic rings. The molecule has 1 fully saturated rings. The molecule has 0 spiro atoms. The molecule has 1 aromatic carbocycles. The molecule has 1 saturated carbocycles. The van der Waals surface area contributed by atoms with Gasteiger partial charge in [0.25, 0.3) is 5.91 Å². The van der Waals surface area contributed by atoms with Crippen LogP contribution in [0.4, 0.5) is 0 Å². The Kier molecular flexibility index (Phi) is 4.06. The molecule has 2 N–H and O–H groups in total. The van der Waals surface area contributed by atoms with Gasteiger partial charge < -0.3 is 14.8 Å². The van der Waals surface area contributed by atoms with E-state index in [2.05, 4.69) is 5.32 Å². The molecule has 122 valence electrons. The van der Waals surface area contributed by atoms with Gasteiger partial charge in [0.1, 0.15) is 5.58 Å². The summed E-state index contributed by atoms with van der Waals surface area (Å²) in [5, 5.41) is 13.4. The summed E-state index contributed by atoms with van der Waals surface area (Å²) < 4.78 is 5.66. The van der Waals surface area contributed by atoms with Crippen molar-refractivity contribution in [3.63, 3.8) is 0 Å². The second-order valence-electron chi connectivity index (χ2n) is 6.21. The molecule has 0 atom stereocenters. The minimum Gasteiger partial charge on any atom is -0.481 e. The van der Waals surface area contributed by atoms with Crippen LogP contribution in [0.2, 0.25) is 5.02 Å². The van der Waals surface area contributed by atoms with Gasteiger partial charge in [-0.2, -0.15) is 0 Å². The number of rotatable bonds is 4. The molecule has 23 heavy (non-hydrogen) atoms. The van der Waals surface area contributed by atoms with Crippen LogP contribution in [-0.4, -0.2) is 22.5 Å². The fourth-order valence-electron chi connectivity index (χ4n) is 3.39. The first-order chi connectivity index (χ1) is 10.9. The lowest BCUT2D eigenvalue weighted by Gasteiger charge is -2.28. The largest absolute Gasteiger partial charge is 0.481 e. The molecule has 0 radical (unpaired) electrons. The monoisotopic (exact) mass is 335 g/mol. The van der Waals surface area contributed by atoms with Crippen LogP contribution in [0.3, 0.4) is 0 Å². The van der Waals surface area contributed by atoms with Crippen LogP contribution < -0.4 is 5.32 Å². The minimum absolute atomic E-state index is 0.0656. The number of aryl methyl sites for hydroxylation is 1. The Morgan fingerprint density at radius 2 is 2.04 bits per heavy atom. The van der Waals surface area contributed by atoms with E-state index in [9.17, 15) is 9.59 Å². The van der Waals surface area contributed by atoms with Gasteiger partial charge >= 0.3 is 5.97 Å². The molecule has 0 aliphatic heterocycles. The van der Waals surface area contributed by atoms with Crippen molar-refractivity contribution in [3.8, 4) is 0 Å². The van der Waals surface area contributed by atoms with Crippen LogP contribution >= 0.6 is 11.6 Å². The lowest BCUT2D eigenvalue weighted by Crippen LogP contribution is -2.47. The highest BCUT2D eigenvalue weighted by Gasteiger charge is 2.38. The highest BCUT2D eigenvalue weighted by Crippen LogP contribution is 2.34. The number of halogens is 1. The highest BCUT2D eigenvalue weighted by atomic mass is 35.5. The zero-order chi connectivity index (χ0) is 16.6. The minimum atomic E-state index is -0.902. The Hall–Kier alpha value is -2.01. The first kappa shape index (κ1) is 15.9. The maximum Gasteiger partial charge on any atom is 0.305 e. The van der Waals surface area contributed by atoms with Gasteiger partial charge in [-0.3, -0.25) is 9.59 Å². The van der Waals surface area contributed by atoms with Gasteiger partial charge in [0.2, 0.25) is 0 Å². The SMILES string of the molecule is Cc1c(C(=O)NC2(CC(=O)O)CCCC2)oc2ccc(Cl)cc12. The fourth-order valence-corrected chi connectivity index (χ4v) is 3.57. The van der Waals surface area contributed by atoms with Crippen LogP contribution in [0.15, 0.2) is 22.6 Å². The topological polar surface area (TPSA) is 79.5 Å². The summed E-state index contributed by atoms with van der Waals surface area (Å²) in [6.45, 7) is 1.80. The third kappa shape index (κ3) is 3.06. The zero-order valence-electron chi connectivity index (χ0n) is 12.8. The zero-order valence-corrected chi connectivity index (χ0v) is 13.6. The summed E-state index contributed by atoms with van der Waals surface area (Å²) in [6.07, 6.45) is 3.13. The number of carboxylic acids is 1. The number of benzene rings is 1. The predicted molar refractivity (Wildman–Crippen MR) is 86.9 cm³/mol. The Morgan fingerprint density at radius 3 is 2.70 bits per heavy atom. The normalized spacial score (nSPS) is 16.6. The molecule has 1 heterocycles. The maximum atomic E-state index is 12.6. The van der Waals surface area contributed by atoms with Crippen molar-refractivity contribution in [1.29, 1.82) is 0 Å². The molecule has 3 rings (SSSR count). The molecular weight excluding hydrogens is 318 g/mol. The summed E-state index contributed by atoms with van der Waals surface area (Å²) in [7, 11) is 0. The van der Waals surface area contributed by atoms with Crippen molar-refractivity contribution in [1.82, 2.24) is 5.32 Å². The van der Waals surface area contributed by atoms with Crippen molar-refractivity contribution >= 4 is 34.4 Å².